The summed E-state index contributed by atoms with van der Waals surface area (Å²) in [7, 11) is 1.59. The summed E-state index contributed by atoms with van der Waals surface area (Å²) in [6, 6.07) is 22.7. The molecule has 33 heavy (non-hydrogen) atoms. The molecule has 1 unspecified atom stereocenters. The van der Waals surface area contributed by atoms with Crippen molar-refractivity contribution >= 4 is 11.8 Å². The Morgan fingerprint density at radius 3 is 2.39 bits per heavy atom. The highest BCUT2D eigenvalue weighted by molar-refractivity contribution is 5.99. The van der Waals surface area contributed by atoms with Crippen molar-refractivity contribution in [1.82, 2.24) is 0 Å². The molecule has 0 fully saturated rings. The van der Waals surface area contributed by atoms with Gasteiger partial charge < -0.3 is 29.5 Å². The lowest BCUT2D eigenvalue weighted by molar-refractivity contribution is -0.0581. The second-order valence-corrected chi connectivity index (χ2v) is 7.17. The highest BCUT2D eigenvalue weighted by Crippen LogP contribution is 2.27. The third-order valence-electron chi connectivity index (χ3n) is 4.82. The van der Waals surface area contributed by atoms with Gasteiger partial charge in [0.15, 0.2) is 6.29 Å². The van der Waals surface area contributed by atoms with Crippen LogP contribution in [-0.4, -0.2) is 37.4 Å². The molecule has 0 aromatic heterocycles. The van der Waals surface area contributed by atoms with Gasteiger partial charge in [0.25, 0.3) is 0 Å². The van der Waals surface area contributed by atoms with Crippen molar-refractivity contribution in [1.29, 1.82) is 5.41 Å². The van der Waals surface area contributed by atoms with Crippen LogP contribution in [0.25, 0.3) is 6.08 Å². The van der Waals surface area contributed by atoms with E-state index in [1.807, 2.05) is 73.7 Å². The topological polar surface area (TPSA) is 81.0 Å². The summed E-state index contributed by atoms with van der Waals surface area (Å²) in [4.78, 5) is 0. The van der Waals surface area contributed by atoms with E-state index in [1.165, 1.54) is 0 Å². The lowest BCUT2D eigenvalue weighted by atomic mass is 10.1. The van der Waals surface area contributed by atoms with Crippen molar-refractivity contribution < 1.29 is 24.1 Å². The quantitative estimate of drug-likeness (QED) is 0.299. The van der Waals surface area contributed by atoms with Gasteiger partial charge >= 0.3 is 0 Å². The maximum absolute atomic E-state index is 9.68. The fourth-order valence-electron chi connectivity index (χ4n) is 3.06. The number of aliphatic hydroxyl groups excluding tert-OH is 1. The van der Waals surface area contributed by atoms with Gasteiger partial charge in [-0.15, -0.1) is 0 Å². The molecule has 3 aromatic carbocycles. The third kappa shape index (κ3) is 7.49. The molecule has 0 bridgehead atoms. The van der Waals surface area contributed by atoms with Gasteiger partial charge in [0.2, 0.25) is 0 Å². The van der Waals surface area contributed by atoms with Gasteiger partial charge in [0.1, 0.15) is 30.5 Å². The van der Waals surface area contributed by atoms with E-state index in [9.17, 15) is 5.11 Å². The van der Waals surface area contributed by atoms with Crippen LogP contribution in [0.15, 0.2) is 78.9 Å². The van der Waals surface area contributed by atoms with Crippen molar-refractivity contribution in [2.45, 2.75) is 19.8 Å². The largest absolute Gasteiger partial charge is 0.496 e. The number of hydrogen-bond acceptors (Lipinski definition) is 6. The van der Waals surface area contributed by atoms with E-state index in [0.717, 1.165) is 16.7 Å². The van der Waals surface area contributed by atoms with E-state index in [4.69, 9.17) is 24.4 Å². The highest BCUT2D eigenvalue weighted by atomic mass is 16.6. The zero-order valence-corrected chi connectivity index (χ0v) is 18.9. The Kier molecular flexibility index (Phi) is 9.06. The van der Waals surface area contributed by atoms with Crippen molar-refractivity contribution in [2.24, 2.45) is 0 Å². The van der Waals surface area contributed by atoms with Gasteiger partial charge in [-0.25, -0.2) is 0 Å². The van der Waals surface area contributed by atoms with Crippen molar-refractivity contribution in [3.05, 3.63) is 95.6 Å². The van der Waals surface area contributed by atoms with Crippen LogP contribution in [0.2, 0.25) is 0 Å². The minimum absolute atomic E-state index is 0.210. The number of methoxy groups -OCH3 is 1. The van der Waals surface area contributed by atoms with E-state index >= 15 is 0 Å². The van der Waals surface area contributed by atoms with Crippen LogP contribution in [0, 0.1) is 5.41 Å². The summed E-state index contributed by atoms with van der Waals surface area (Å²) in [6.07, 6.45) is 2.36. The summed E-state index contributed by atoms with van der Waals surface area (Å²) >= 11 is 0. The number of nitrogens with one attached hydrogen (secondary N) is 1. The first-order valence-electron chi connectivity index (χ1n) is 10.7. The van der Waals surface area contributed by atoms with E-state index in [-0.39, 0.29) is 6.61 Å². The molecule has 3 rings (SSSR count). The maximum atomic E-state index is 9.68. The molecule has 1 atom stereocenters. The van der Waals surface area contributed by atoms with Gasteiger partial charge in [0, 0.05) is 18.2 Å². The molecular formula is C27H29NO5. The zero-order valence-electron chi connectivity index (χ0n) is 18.9. The standard InChI is InChI=1S/C27H29NO5/c1-3-31-27(29)16-12-22-11-15-24(17-26(22)30-2)32-18-20-9-13-23(14-10-20)33-19-25(28)21-7-5-4-6-8-21/h4-17,27-29H,3,18-19H2,1-2H3/b16-12+,28-25?. The fraction of sp³-hybridized carbons (Fsp3) is 0.222. The first kappa shape index (κ1) is 24.0. The van der Waals surface area contributed by atoms with Crippen LogP contribution in [0.3, 0.4) is 0 Å². The summed E-state index contributed by atoms with van der Waals surface area (Å²) in [5.74, 6) is 2.01. The average Bonchev–Trinajstić information content (AvgIpc) is 2.86. The summed E-state index contributed by atoms with van der Waals surface area (Å²) in [6.45, 7) is 2.85. The Morgan fingerprint density at radius 2 is 1.70 bits per heavy atom. The van der Waals surface area contributed by atoms with E-state index in [1.54, 1.807) is 25.3 Å². The Bertz CT molecular complexity index is 1050. The van der Waals surface area contributed by atoms with Crippen LogP contribution in [0.4, 0.5) is 0 Å². The molecule has 0 aliphatic carbocycles. The number of rotatable bonds is 12. The lowest BCUT2D eigenvalue weighted by Gasteiger charge is -2.11. The molecule has 6 nitrogen and oxygen atoms in total. The van der Waals surface area contributed by atoms with Gasteiger partial charge in [-0.05, 0) is 48.4 Å². The minimum atomic E-state index is -0.952. The van der Waals surface area contributed by atoms with E-state index < -0.39 is 6.29 Å². The van der Waals surface area contributed by atoms with Gasteiger partial charge in [-0.2, -0.15) is 0 Å². The predicted molar refractivity (Wildman–Crippen MR) is 129 cm³/mol. The van der Waals surface area contributed by atoms with Crippen molar-refractivity contribution in [3.63, 3.8) is 0 Å². The summed E-state index contributed by atoms with van der Waals surface area (Å²) in [5, 5.41) is 17.8. The molecule has 0 aliphatic rings. The fourth-order valence-corrected chi connectivity index (χ4v) is 3.06. The molecule has 0 spiro atoms. The molecule has 0 amide bonds. The smallest absolute Gasteiger partial charge is 0.174 e. The molecule has 6 heteroatoms. The monoisotopic (exact) mass is 447 g/mol. The first-order chi connectivity index (χ1) is 16.1. The van der Waals surface area contributed by atoms with Gasteiger partial charge in [-0.1, -0.05) is 48.5 Å². The molecule has 0 saturated carbocycles. The Morgan fingerprint density at radius 1 is 0.970 bits per heavy atom. The predicted octanol–water partition coefficient (Wildman–Crippen LogP) is 5.09. The molecule has 0 heterocycles. The lowest BCUT2D eigenvalue weighted by Crippen LogP contribution is -2.11. The van der Waals surface area contributed by atoms with Gasteiger partial charge in [-0.3, -0.25) is 0 Å². The van der Waals surface area contributed by atoms with E-state index in [0.29, 0.717) is 36.2 Å². The minimum Gasteiger partial charge on any atom is -0.496 e. The third-order valence-corrected chi connectivity index (χ3v) is 4.82. The Balaban J connectivity index is 1.52. The summed E-state index contributed by atoms with van der Waals surface area (Å²) in [5.41, 5.74) is 3.09. The molecule has 0 saturated heterocycles. The maximum Gasteiger partial charge on any atom is 0.174 e. The number of benzene rings is 3. The van der Waals surface area contributed by atoms with Crippen molar-refractivity contribution in [2.75, 3.05) is 20.3 Å². The Hall–Kier alpha value is -3.61. The second-order valence-electron chi connectivity index (χ2n) is 7.17. The second kappa shape index (κ2) is 12.4. The first-order valence-corrected chi connectivity index (χ1v) is 10.7. The summed E-state index contributed by atoms with van der Waals surface area (Å²) < 4.78 is 22.1. The van der Waals surface area contributed by atoms with Gasteiger partial charge in [0.05, 0.1) is 12.8 Å². The van der Waals surface area contributed by atoms with Crippen molar-refractivity contribution in [3.8, 4) is 17.2 Å². The SMILES string of the molecule is CCOC(O)/C=C/c1ccc(OCc2ccc(OCC(=N)c3ccccc3)cc2)cc1OC. The van der Waals surface area contributed by atoms with Crippen LogP contribution in [-0.2, 0) is 11.3 Å². The van der Waals surface area contributed by atoms with Crippen LogP contribution >= 0.6 is 0 Å². The van der Waals surface area contributed by atoms with Crippen LogP contribution < -0.4 is 14.2 Å². The number of aliphatic hydroxyl groups is 1. The van der Waals surface area contributed by atoms with Crippen LogP contribution in [0.1, 0.15) is 23.6 Å². The number of hydrogen-bond donors (Lipinski definition) is 2. The molecule has 0 aliphatic heterocycles. The Labute approximate surface area is 194 Å². The number of ether oxygens (including phenoxy) is 4. The molecule has 0 radical (unpaired) electrons. The van der Waals surface area contributed by atoms with Crippen LogP contribution in [0.5, 0.6) is 17.2 Å². The zero-order chi connectivity index (χ0) is 23.5. The molecule has 172 valence electrons. The average molecular weight is 448 g/mol. The molecule has 3 aromatic rings. The molecular weight excluding hydrogens is 418 g/mol. The van der Waals surface area contributed by atoms with E-state index in [2.05, 4.69) is 0 Å². The highest BCUT2D eigenvalue weighted by Gasteiger charge is 2.06. The normalized spacial score (nSPS) is 11.8. The molecule has 2 N–H and O–H groups in total.